The third-order valence-corrected chi connectivity index (χ3v) is 13.2. The molecule has 0 aromatic heterocycles. The first-order valence-electron chi connectivity index (χ1n) is 13.5. The summed E-state index contributed by atoms with van der Waals surface area (Å²) in [6.45, 7) is 12.6. The third kappa shape index (κ3) is 4.33. The van der Waals surface area contributed by atoms with Crippen molar-refractivity contribution in [3.8, 4) is 0 Å². The van der Waals surface area contributed by atoms with Gasteiger partial charge in [-0.25, -0.2) is 0 Å². The average molecular weight is 463 g/mol. The largest absolute Gasteiger partial charge is 0.466 e. The zero-order valence-corrected chi connectivity index (χ0v) is 24.8. The molecule has 0 spiro atoms. The molecule has 3 fully saturated rings. The summed E-state index contributed by atoms with van der Waals surface area (Å²) in [5.41, 5.74) is 2.52. The highest BCUT2D eigenvalue weighted by Crippen LogP contribution is 2.67. The predicted molar refractivity (Wildman–Crippen MR) is 138 cm³/mol. The molecular weight excluding hydrogens is 412 g/mol. The van der Waals surface area contributed by atoms with E-state index in [0.29, 0.717) is 10.8 Å². The van der Waals surface area contributed by atoms with Gasteiger partial charge < -0.3 is 9.22 Å². The zero-order valence-electron chi connectivity index (χ0n) is 21.4. The molecular formula is C27H50O2Si2. The number of rotatable bonds is 7. The zero-order chi connectivity index (χ0) is 22.4. The molecule has 0 radical (unpaired) electrons. The molecule has 0 bridgehead atoms. The Bertz CT molecular complexity index is 678. The minimum Gasteiger partial charge on any atom is -0.466 e. The highest BCUT2D eigenvalue weighted by molar-refractivity contribution is 6.37. The smallest absolute Gasteiger partial charge is 0.179 e. The summed E-state index contributed by atoms with van der Waals surface area (Å²) in [4.78, 5) is 0. The van der Waals surface area contributed by atoms with Gasteiger partial charge in [0.15, 0.2) is 9.76 Å². The molecule has 8 atom stereocenters. The van der Waals surface area contributed by atoms with Gasteiger partial charge in [-0.3, -0.25) is 0 Å². The summed E-state index contributed by atoms with van der Waals surface area (Å²) < 4.78 is 5.65. The molecule has 2 nitrogen and oxygen atoms in total. The molecule has 3 saturated carbocycles. The van der Waals surface area contributed by atoms with E-state index in [9.17, 15) is 5.11 Å². The molecule has 178 valence electrons. The quantitative estimate of drug-likeness (QED) is 0.421. The average Bonchev–Trinajstić information content (AvgIpc) is 3.06. The van der Waals surface area contributed by atoms with Crippen molar-refractivity contribution < 1.29 is 9.22 Å². The van der Waals surface area contributed by atoms with Crippen molar-refractivity contribution in [1.82, 2.24) is 0 Å². The van der Waals surface area contributed by atoms with Crippen molar-refractivity contribution >= 4 is 20.2 Å². The lowest BCUT2D eigenvalue weighted by molar-refractivity contribution is -0.0623. The molecule has 0 aromatic rings. The van der Waals surface area contributed by atoms with E-state index in [4.69, 9.17) is 4.12 Å². The Morgan fingerprint density at radius 1 is 1.10 bits per heavy atom. The minimum atomic E-state index is -0.797. The lowest BCUT2D eigenvalue weighted by Crippen LogP contribution is -2.53. The summed E-state index contributed by atoms with van der Waals surface area (Å²) in [5, 5.41) is 10.7. The second-order valence-electron chi connectivity index (χ2n) is 13.1. The van der Waals surface area contributed by atoms with Crippen molar-refractivity contribution in [3.05, 3.63) is 11.6 Å². The summed E-state index contributed by atoms with van der Waals surface area (Å²) in [5.74, 6) is 5.35. The highest BCUT2D eigenvalue weighted by Gasteiger charge is 2.59. The van der Waals surface area contributed by atoms with Gasteiger partial charge in [0.2, 0.25) is 0 Å². The molecule has 0 heterocycles. The SMILES string of the molecule is CC(C)CCC[C@@H](C)[C@H]1CC[C@H]2[C@@H]3CC=C4CC(O)([SiH2]O[SiH3])CC[C@]4(C)[C@H]3CC[C@]12C. The molecule has 0 amide bonds. The molecule has 4 aliphatic rings. The van der Waals surface area contributed by atoms with E-state index < -0.39 is 15.0 Å². The number of allylic oxidation sites excluding steroid dienone is 1. The first-order valence-corrected chi connectivity index (χ1v) is 15.6. The fraction of sp³-hybridized carbons (Fsp3) is 0.926. The molecule has 1 N–H and O–H groups in total. The van der Waals surface area contributed by atoms with Crippen LogP contribution in [0.25, 0.3) is 0 Å². The predicted octanol–water partition coefficient (Wildman–Crippen LogP) is 5.10. The first-order chi connectivity index (χ1) is 14.6. The van der Waals surface area contributed by atoms with Crippen LogP contribution in [0.2, 0.25) is 0 Å². The summed E-state index contributed by atoms with van der Waals surface area (Å²) in [6.07, 6.45) is 17.0. The van der Waals surface area contributed by atoms with Gasteiger partial charge in [0, 0.05) is 0 Å². The monoisotopic (exact) mass is 462 g/mol. The van der Waals surface area contributed by atoms with Gasteiger partial charge in [0.25, 0.3) is 0 Å². The first kappa shape index (κ1) is 24.2. The van der Waals surface area contributed by atoms with E-state index >= 15 is 0 Å². The van der Waals surface area contributed by atoms with E-state index in [1.807, 2.05) is 0 Å². The van der Waals surface area contributed by atoms with Crippen LogP contribution in [0, 0.1) is 46.3 Å². The van der Waals surface area contributed by atoms with Gasteiger partial charge in [-0.1, -0.05) is 65.5 Å². The second kappa shape index (κ2) is 9.04. The van der Waals surface area contributed by atoms with Gasteiger partial charge in [0.1, 0.15) is 10.5 Å². The molecule has 1 unspecified atom stereocenters. The molecule has 31 heavy (non-hydrogen) atoms. The van der Waals surface area contributed by atoms with Gasteiger partial charge in [-0.15, -0.1) is 0 Å². The van der Waals surface area contributed by atoms with Gasteiger partial charge >= 0.3 is 0 Å². The van der Waals surface area contributed by atoms with Crippen LogP contribution in [0.1, 0.15) is 105 Å². The van der Waals surface area contributed by atoms with Crippen LogP contribution in [0.5, 0.6) is 0 Å². The lowest BCUT2D eigenvalue weighted by Gasteiger charge is -2.59. The number of aliphatic hydroxyl groups is 1. The Morgan fingerprint density at radius 3 is 2.58 bits per heavy atom. The summed E-state index contributed by atoms with van der Waals surface area (Å²) in [6, 6.07) is 0. The fourth-order valence-electron chi connectivity index (χ4n) is 9.13. The van der Waals surface area contributed by atoms with Crippen LogP contribution in [0.3, 0.4) is 0 Å². The van der Waals surface area contributed by atoms with Crippen molar-refractivity contribution in [2.24, 2.45) is 46.3 Å². The Hall–Kier alpha value is 0.0938. The molecule has 4 heteroatoms. The molecule has 4 aliphatic carbocycles. The maximum absolute atomic E-state index is 11.1. The Kier molecular flexibility index (Phi) is 7.06. The summed E-state index contributed by atoms with van der Waals surface area (Å²) >= 11 is 0. The Morgan fingerprint density at radius 2 is 1.87 bits per heavy atom. The van der Waals surface area contributed by atoms with Crippen LogP contribution in [0.15, 0.2) is 11.6 Å². The maximum atomic E-state index is 11.1. The lowest BCUT2D eigenvalue weighted by atomic mass is 9.47. The van der Waals surface area contributed by atoms with E-state index in [1.165, 1.54) is 57.8 Å². The van der Waals surface area contributed by atoms with Crippen LogP contribution in [-0.2, 0) is 4.12 Å². The Labute approximate surface area is 197 Å². The summed E-state index contributed by atoms with van der Waals surface area (Å²) in [7, 11) is -0.0149. The number of hydrogen-bond donors (Lipinski definition) is 1. The van der Waals surface area contributed by atoms with Crippen LogP contribution < -0.4 is 0 Å². The number of fused-ring (bicyclic) bond motifs is 5. The van der Waals surface area contributed by atoms with E-state index in [0.717, 1.165) is 58.8 Å². The van der Waals surface area contributed by atoms with Crippen molar-refractivity contribution in [2.45, 2.75) is 110 Å². The molecule has 4 rings (SSSR count). The van der Waals surface area contributed by atoms with E-state index in [2.05, 4.69) is 40.7 Å². The van der Waals surface area contributed by atoms with Crippen LogP contribution in [-0.4, -0.2) is 30.6 Å². The van der Waals surface area contributed by atoms with Gasteiger partial charge in [-0.05, 0) is 97.7 Å². The molecule has 0 aliphatic heterocycles. The van der Waals surface area contributed by atoms with E-state index in [-0.39, 0.29) is 0 Å². The molecule has 0 aromatic carbocycles. The van der Waals surface area contributed by atoms with Crippen LogP contribution in [0.4, 0.5) is 0 Å². The maximum Gasteiger partial charge on any atom is 0.179 e. The third-order valence-electron chi connectivity index (χ3n) is 10.9. The van der Waals surface area contributed by atoms with E-state index in [1.54, 1.807) is 5.57 Å². The van der Waals surface area contributed by atoms with Crippen molar-refractivity contribution in [1.29, 1.82) is 0 Å². The fourth-order valence-corrected chi connectivity index (χ4v) is 12.0. The second-order valence-corrected chi connectivity index (χ2v) is 17.0. The molecule has 0 saturated heterocycles. The Balaban J connectivity index is 1.49. The minimum absolute atomic E-state index is 0.344. The standard InChI is InChI=1S/C27H50O2Si2/c1-18(2)7-6-8-19(3)22-11-12-23-21-10-9-20-17-27(28,31-29-30)16-15-25(20,4)24(21)13-14-26(22,23)5/h9,18-19,21-24,28H,6-8,10-17,31H2,1-5,30H3/t19-,21+,22-,23+,24+,25+,26-,27?/m1/s1. The topological polar surface area (TPSA) is 29.5 Å². The van der Waals surface area contributed by atoms with Crippen molar-refractivity contribution in [3.63, 3.8) is 0 Å². The number of hydrogen-bond acceptors (Lipinski definition) is 2. The normalized spacial score (nSPS) is 46.1. The van der Waals surface area contributed by atoms with Crippen molar-refractivity contribution in [2.75, 3.05) is 0 Å². The van der Waals surface area contributed by atoms with Gasteiger partial charge in [0.05, 0.1) is 5.22 Å². The highest BCUT2D eigenvalue weighted by atomic mass is 28.3. The van der Waals surface area contributed by atoms with Crippen LogP contribution >= 0.6 is 0 Å². The van der Waals surface area contributed by atoms with Gasteiger partial charge in [-0.2, -0.15) is 0 Å².